The summed E-state index contributed by atoms with van der Waals surface area (Å²) < 4.78 is 45.9. The Labute approximate surface area is 433 Å². The number of rotatable bonds is 14. The number of hydrogen-bond acceptors (Lipinski definition) is 8. The maximum Gasteiger partial charge on any atom is 0.414 e. The SMILES string of the molecule is C=C(C(=O)N[C@H](C(=O)N1CCC[C@H]1Cc1c2n(c3cc(F)ccc13)CCn1c-2c(C[C@@H]2CCCN2C(=O)[C@@H](NC(=O)[C@H](C)N(C)C(=O)OC(C)(C)C)C(C)C)c2ccc(F)cc21)C(C)C)N(C)C(=O)OC(C)(C)C. The highest BCUT2D eigenvalue weighted by molar-refractivity contribution is 6.00. The normalized spacial score (nSPS) is 18.0. The van der Waals surface area contributed by atoms with Gasteiger partial charge in [0.15, 0.2) is 0 Å². The molecule has 2 fully saturated rings. The van der Waals surface area contributed by atoms with E-state index in [9.17, 15) is 28.8 Å². The second-order valence-corrected chi connectivity index (χ2v) is 23.0. The Kier molecular flexibility index (Phi) is 16.0. The lowest BCUT2D eigenvalue weighted by Crippen LogP contribution is -2.56. The molecular weight excluding hydrogens is 951 g/mol. The van der Waals surface area contributed by atoms with E-state index in [0.717, 1.165) is 44.6 Å². The van der Waals surface area contributed by atoms with Crippen molar-refractivity contribution in [3.8, 4) is 11.4 Å². The zero-order chi connectivity index (χ0) is 54.5. The number of hydrogen-bond donors (Lipinski definition) is 2. The van der Waals surface area contributed by atoms with Crippen molar-refractivity contribution in [2.24, 2.45) is 11.8 Å². The van der Waals surface area contributed by atoms with E-state index in [1.807, 2.05) is 37.5 Å². The molecule has 3 aliphatic heterocycles. The highest BCUT2D eigenvalue weighted by atomic mass is 19.1. The third-order valence-corrected chi connectivity index (χ3v) is 14.7. The van der Waals surface area contributed by atoms with E-state index >= 15 is 8.78 Å². The zero-order valence-electron chi connectivity index (χ0n) is 45.5. The Bertz CT molecular complexity index is 2860. The number of halogens is 2. The van der Waals surface area contributed by atoms with Crippen LogP contribution in [0.3, 0.4) is 0 Å². The summed E-state index contributed by atoms with van der Waals surface area (Å²) >= 11 is 0. The van der Waals surface area contributed by atoms with Crippen molar-refractivity contribution in [3.05, 3.63) is 71.4 Å². The summed E-state index contributed by atoms with van der Waals surface area (Å²) in [4.78, 5) is 88.5. The van der Waals surface area contributed by atoms with Gasteiger partial charge in [-0.1, -0.05) is 34.3 Å². The van der Waals surface area contributed by atoms with Crippen LogP contribution in [0, 0.1) is 23.5 Å². The second kappa shape index (κ2) is 21.4. The van der Waals surface area contributed by atoms with Crippen LogP contribution in [0.25, 0.3) is 33.2 Å². The van der Waals surface area contributed by atoms with Gasteiger partial charge < -0.3 is 39.0 Å². The molecule has 5 atom stereocenters. The first-order valence-electron chi connectivity index (χ1n) is 26.0. The molecule has 0 unspecified atom stereocenters. The number of nitrogens with one attached hydrogen (secondary N) is 2. The standard InChI is InChI=1S/C56H76F2N8O8/c1-31(2)45(59-49(67)33(5)61(13)53(71)73-55(7,8)9)51(69)63-23-15-17-37(63)29-41-39-21-19-35(57)27-43(39)65-25-26-66-44-28-36(58)20-22-40(44)42(48(66)47(41)65)30-38-18-16-24-64(38)52(70)46(32(3)4)60-50(68)34(6)62(14)54(72)74-56(10,11)12/h19-22,27-28,31-32,34,37-38,45-46H,5,15-18,23-26,29-30H2,1-4,6-14H3,(H,59,67)(H,60,68)/t34-,37-,38-,45-,46-/m0/s1. The Morgan fingerprint density at radius 3 is 1.50 bits per heavy atom. The van der Waals surface area contributed by atoms with Gasteiger partial charge in [-0.2, -0.15) is 0 Å². The van der Waals surface area contributed by atoms with E-state index < -0.39 is 65.0 Å². The molecule has 0 saturated carbocycles. The number of ether oxygens (including phenoxy) is 2. The monoisotopic (exact) mass is 1030 g/mol. The minimum Gasteiger partial charge on any atom is -0.444 e. The molecule has 18 heteroatoms. The van der Waals surface area contributed by atoms with E-state index in [1.165, 1.54) is 43.3 Å². The number of carbonyl (C=O) groups excluding carboxylic acids is 6. The topological polar surface area (TPSA) is 168 Å². The van der Waals surface area contributed by atoms with Crippen molar-refractivity contribution in [1.29, 1.82) is 0 Å². The van der Waals surface area contributed by atoms with E-state index in [0.29, 0.717) is 69.3 Å². The first-order valence-corrected chi connectivity index (χ1v) is 26.0. The predicted octanol–water partition coefficient (Wildman–Crippen LogP) is 8.54. The number of aryl methyl sites for hydroxylation is 2. The maximum atomic E-state index is 15.4. The van der Waals surface area contributed by atoms with Crippen molar-refractivity contribution in [2.45, 2.75) is 169 Å². The molecule has 0 bridgehead atoms. The number of fused-ring (bicyclic) bond motifs is 7. The van der Waals surface area contributed by atoms with E-state index in [2.05, 4.69) is 26.3 Å². The van der Waals surface area contributed by atoms with Gasteiger partial charge in [-0.05, 0) is 146 Å². The van der Waals surface area contributed by atoms with Crippen LogP contribution < -0.4 is 10.6 Å². The summed E-state index contributed by atoms with van der Waals surface area (Å²) in [5.74, 6) is -3.11. The molecule has 74 heavy (non-hydrogen) atoms. The maximum absolute atomic E-state index is 15.4. The summed E-state index contributed by atoms with van der Waals surface area (Å²) in [7, 11) is 2.88. The molecule has 2 N–H and O–H groups in total. The van der Waals surface area contributed by atoms with Crippen LogP contribution >= 0.6 is 0 Å². The Morgan fingerprint density at radius 2 is 1.08 bits per heavy atom. The molecule has 7 rings (SSSR count). The van der Waals surface area contributed by atoms with Gasteiger partial charge in [0, 0.05) is 63.1 Å². The minimum atomic E-state index is -0.952. The van der Waals surface area contributed by atoms with E-state index in [-0.39, 0.29) is 41.4 Å². The van der Waals surface area contributed by atoms with Gasteiger partial charge >= 0.3 is 12.2 Å². The highest BCUT2D eigenvalue weighted by Gasteiger charge is 2.41. The number of likely N-dealkylation sites (tertiary alicyclic amines) is 2. The molecule has 2 saturated heterocycles. The molecule has 402 valence electrons. The van der Waals surface area contributed by atoms with Gasteiger partial charge in [0.05, 0.1) is 22.4 Å². The van der Waals surface area contributed by atoms with Crippen molar-refractivity contribution < 1.29 is 47.0 Å². The van der Waals surface area contributed by atoms with Crippen LogP contribution in [0.1, 0.15) is 113 Å². The van der Waals surface area contributed by atoms with Crippen molar-refractivity contribution in [3.63, 3.8) is 0 Å². The Morgan fingerprint density at radius 1 is 0.662 bits per heavy atom. The van der Waals surface area contributed by atoms with Crippen LogP contribution in [0.2, 0.25) is 0 Å². The predicted molar refractivity (Wildman–Crippen MR) is 280 cm³/mol. The first kappa shape index (κ1) is 55.3. The van der Waals surface area contributed by atoms with Crippen LogP contribution in [-0.2, 0) is 54.6 Å². The summed E-state index contributed by atoms with van der Waals surface area (Å²) in [6.45, 7) is 25.1. The van der Waals surface area contributed by atoms with Crippen LogP contribution in [0.5, 0.6) is 0 Å². The van der Waals surface area contributed by atoms with Crippen molar-refractivity contribution in [1.82, 2.24) is 39.4 Å². The molecule has 0 spiro atoms. The second-order valence-electron chi connectivity index (χ2n) is 23.0. The smallest absolute Gasteiger partial charge is 0.414 e. The molecule has 2 aromatic heterocycles. The van der Waals surface area contributed by atoms with Gasteiger partial charge in [-0.15, -0.1) is 0 Å². The average molecular weight is 1030 g/mol. The highest BCUT2D eigenvalue weighted by Crippen LogP contribution is 2.45. The summed E-state index contributed by atoms with van der Waals surface area (Å²) in [6, 6.07) is 6.14. The lowest BCUT2D eigenvalue weighted by Gasteiger charge is -2.33. The number of likely N-dealkylation sites (N-methyl/N-ethyl adjacent to an activating group) is 2. The van der Waals surface area contributed by atoms with E-state index in [1.54, 1.807) is 60.6 Å². The van der Waals surface area contributed by atoms with Gasteiger partial charge in [-0.3, -0.25) is 29.0 Å². The zero-order valence-corrected chi connectivity index (χ0v) is 45.5. The van der Waals surface area contributed by atoms with Gasteiger partial charge in [-0.25, -0.2) is 18.4 Å². The summed E-state index contributed by atoms with van der Waals surface area (Å²) in [5.41, 5.74) is 3.13. The number of nitrogens with zero attached hydrogens (tertiary/aromatic N) is 6. The number of carbonyl (C=O) groups is 6. The fraction of sp³-hybridized carbons (Fsp3) is 0.571. The fourth-order valence-electron chi connectivity index (χ4n) is 10.7. The Balaban J connectivity index is 1.22. The lowest BCUT2D eigenvalue weighted by molar-refractivity contribution is -0.139. The number of amides is 6. The molecule has 0 aliphatic carbocycles. The Hall–Kier alpha value is -6.46. The van der Waals surface area contributed by atoms with Crippen molar-refractivity contribution in [2.75, 3.05) is 27.2 Å². The number of aromatic nitrogens is 2. The summed E-state index contributed by atoms with van der Waals surface area (Å²) in [5, 5.41) is 7.47. The lowest BCUT2D eigenvalue weighted by atomic mass is 9.94. The van der Waals surface area contributed by atoms with Gasteiger partial charge in [0.2, 0.25) is 17.7 Å². The third-order valence-electron chi connectivity index (χ3n) is 14.7. The van der Waals surface area contributed by atoms with E-state index in [4.69, 9.17) is 9.47 Å². The van der Waals surface area contributed by atoms with Crippen LogP contribution in [0.15, 0.2) is 48.7 Å². The fourth-order valence-corrected chi connectivity index (χ4v) is 10.7. The van der Waals surface area contributed by atoms with Crippen LogP contribution in [-0.4, -0.2) is 133 Å². The summed E-state index contributed by atoms with van der Waals surface area (Å²) in [6.07, 6.45) is 2.14. The molecule has 2 aromatic carbocycles. The molecule has 5 heterocycles. The minimum absolute atomic E-state index is 0.174. The van der Waals surface area contributed by atoms with Gasteiger partial charge in [0.1, 0.15) is 46.7 Å². The largest absolute Gasteiger partial charge is 0.444 e. The number of benzene rings is 2. The molecule has 3 aliphatic rings. The first-order chi connectivity index (χ1) is 34.6. The molecule has 4 aromatic rings. The molecular formula is C56H76F2N8O8. The van der Waals surface area contributed by atoms with Gasteiger partial charge in [0.25, 0.3) is 5.91 Å². The quantitative estimate of drug-likeness (QED) is 0.119. The third kappa shape index (κ3) is 11.4. The molecule has 16 nitrogen and oxygen atoms in total. The van der Waals surface area contributed by atoms with Crippen LogP contribution in [0.4, 0.5) is 18.4 Å². The average Bonchev–Trinajstić information content (AvgIpc) is 4.11. The molecule has 0 radical (unpaired) electrons. The molecule has 6 amide bonds. The van der Waals surface area contributed by atoms with Crippen molar-refractivity contribution >= 4 is 57.6 Å².